The lowest BCUT2D eigenvalue weighted by molar-refractivity contribution is -0.492. The van der Waals surface area contributed by atoms with E-state index in [9.17, 15) is 15.3 Å². The second-order valence-corrected chi connectivity index (χ2v) is 20.0. The molecule has 0 aliphatic carbocycles. The third-order valence-corrected chi connectivity index (χ3v) is 14.7. The van der Waals surface area contributed by atoms with Crippen molar-refractivity contribution >= 4 is 16.6 Å². The van der Waals surface area contributed by atoms with Gasteiger partial charge in [0.25, 0.3) is 0 Å². The van der Waals surface area contributed by atoms with Gasteiger partial charge in [-0.25, -0.2) is 0 Å². The fourth-order valence-electron chi connectivity index (χ4n) is 2.09. The van der Waals surface area contributed by atoms with Gasteiger partial charge in [0.15, 0.2) is 8.32 Å². The molecule has 1 rings (SSSR count). The van der Waals surface area contributed by atoms with Crippen molar-refractivity contribution in [3.05, 3.63) is 0 Å². The van der Waals surface area contributed by atoms with Crippen molar-refractivity contribution in [2.45, 2.75) is 109 Å². The van der Waals surface area contributed by atoms with Gasteiger partial charge in [-0.05, 0) is 36.3 Å². The number of aliphatic hydroxyl groups is 3. The highest BCUT2D eigenvalue weighted by Crippen LogP contribution is 2.44. The van der Waals surface area contributed by atoms with Crippen molar-refractivity contribution < 1.29 is 33.9 Å². The maximum Gasteiger partial charge on any atom is 0.304 e. The van der Waals surface area contributed by atoms with Crippen molar-refractivity contribution in [2.75, 3.05) is 6.61 Å². The molecule has 9 heteroatoms. The van der Waals surface area contributed by atoms with E-state index in [1.54, 1.807) is 0 Å². The summed E-state index contributed by atoms with van der Waals surface area (Å²) < 4.78 is 18.2. The Bertz CT molecular complexity index is 499. The fraction of sp³-hybridized carbons (Fsp3) is 1.00. The van der Waals surface area contributed by atoms with Gasteiger partial charge in [-0.1, -0.05) is 41.5 Å². The SMILES string of the molecule is CC(C)(C)[Si](C)(C)OOC1(O[Si](C)(C)C(C)(C)C)C[C@H](O)[C@@H](O)[C@H](CO)O1. The lowest BCUT2D eigenvalue weighted by Gasteiger charge is -2.50. The van der Waals surface area contributed by atoms with E-state index in [1.807, 2.05) is 26.2 Å². The lowest BCUT2D eigenvalue weighted by Crippen LogP contribution is -2.63. The first-order valence-corrected chi connectivity index (χ1v) is 15.4. The largest absolute Gasteiger partial charge is 0.394 e. The molecule has 1 unspecified atom stereocenters. The zero-order valence-electron chi connectivity index (χ0n) is 18.6. The van der Waals surface area contributed by atoms with Crippen LogP contribution in [-0.2, 0) is 18.6 Å². The topological polar surface area (TPSA) is 97.6 Å². The molecule has 3 N–H and O–H groups in total. The van der Waals surface area contributed by atoms with Crippen LogP contribution in [0.5, 0.6) is 0 Å². The van der Waals surface area contributed by atoms with Gasteiger partial charge in [0.1, 0.15) is 12.2 Å². The lowest BCUT2D eigenvalue weighted by atomic mass is 10.0. The van der Waals surface area contributed by atoms with Crippen LogP contribution < -0.4 is 0 Å². The minimum atomic E-state index is -2.39. The van der Waals surface area contributed by atoms with Gasteiger partial charge >= 0.3 is 5.97 Å². The molecule has 162 valence electrons. The Morgan fingerprint density at radius 1 is 0.963 bits per heavy atom. The number of aliphatic hydroxyl groups excluding tert-OH is 3. The number of hydrogen-bond acceptors (Lipinski definition) is 7. The van der Waals surface area contributed by atoms with Crippen molar-refractivity contribution in [1.82, 2.24) is 0 Å². The Labute approximate surface area is 166 Å². The van der Waals surface area contributed by atoms with Crippen LogP contribution >= 0.6 is 0 Å². The van der Waals surface area contributed by atoms with Crippen molar-refractivity contribution in [3.8, 4) is 0 Å². The summed E-state index contributed by atoms with van der Waals surface area (Å²) >= 11 is 0. The zero-order chi connectivity index (χ0) is 21.5. The average molecular weight is 425 g/mol. The summed E-state index contributed by atoms with van der Waals surface area (Å²) in [5.74, 6) is -1.68. The summed E-state index contributed by atoms with van der Waals surface area (Å²) in [6.45, 7) is 20.2. The van der Waals surface area contributed by atoms with Crippen molar-refractivity contribution in [3.63, 3.8) is 0 Å². The highest BCUT2D eigenvalue weighted by atomic mass is 28.4. The predicted molar refractivity (Wildman–Crippen MR) is 109 cm³/mol. The highest BCUT2D eigenvalue weighted by molar-refractivity contribution is 6.74. The third-order valence-electron chi connectivity index (χ3n) is 6.15. The molecule has 1 fully saturated rings. The predicted octanol–water partition coefficient (Wildman–Crippen LogP) is 3.12. The molecule has 0 amide bonds. The number of hydrogen-bond donors (Lipinski definition) is 3. The first-order chi connectivity index (χ1) is 11.9. The molecule has 0 spiro atoms. The molecule has 0 aromatic rings. The van der Waals surface area contributed by atoms with E-state index < -0.39 is 47.5 Å². The van der Waals surface area contributed by atoms with Crippen LogP contribution in [0.25, 0.3) is 0 Å². The molecule has 0 saturated carbocycles. The highest BCUT2D eigenvalue weighted by Gasteiger charge is 2.55. The van der Waals surface area contributed by atoms with Gasteiger partial charge in [0.05, 0.1) is 19.1 Å². The Balaban J connectivity index is 3.21. The summed E-state index contributed by atoms with van der Waals surface area (Å²) in [5, 5.41) is 29.8. The van der Waals surface area contributed by atoms with Crippen molar-refractivity contribution in [2.24, 2.45) is 0 Å². The molecule has 27 heavy (non-hydrogen) atoms. The summed E-state index contributed by atoms with van der Waals surface area (Å²) in [7, 11) is -4.69. The average Bonchev–Trinajstić information content (AvgIpc) is 2.46. The monoisotopic (exact) mass is 424 g/mol. The molecule has 1 saturated heterocycles. The molecule has 0 aromatic heterocycles. The van der Waals surface area contributed by atoms with E-state index in [1.165, 1.54) is 0 Å². The second-order valence-electron chi connectivity index (χ2n) is 10.6. The third kappa shape index (κ3) is 5.83. The van der Waals surface area contributed by atoms with Gasteiger partial charge in [0, 0.05) is 0 Å². The van der Waals surface area contributed by atoms with Crippen LogP contribution in [0.3, 0.4) is 0 Å². The van der Waals surface area contributed by atoms with Crippen LogP contribution in [0.1, 0.15) is 48.0 Å². The summed E-state index contributed by atoms with van der Waals surface area (Å²) in [6.07, 6.45) is -3.51. The summed E-state index contributed by atoms with van der Waals surface area (Å²) in [4.78, 5) is 5.81. The number of ether oxygens (including phenoxy) is 1. The van der Waals surface area contributed by atoms with Crippen LogP contribution in [0, 0.1) is 0 Å². The quantitative estimate of drug-likeness (QED) is 0.261. The molecule has 1 aliphatic rings. The zero-order valence-corrected chi connectivity index (χ0v) is 20.6. The van der Waals surface area contributed by atoms with E-state index in [4.69, 9.17) is 18.6 Å². The van der Waals surface area contributed by atoms with Gasteiger partial charge < -0.3 is 24.5 Å². The fourth-order valence-corrected chi connectivity index (χ4v) is 3.92. The molecule has 0 bridgehead atoms. The van der Waals surface area contributed by atoms with Gasteiger partial charge in [-0.3, -0.25) is 4.58 Å². The Morgan fingerprint density at radius 2 is 1.44 bits per heavy atom. The Hall–Kier alpha value is 0.154. The molecule has 1 aliphatic heterocycles. The van der Waals surface area contributed by atoms with E-state index in [2.05, 4.69) is 41.5 Å². The second kappa shape index (κ2) is 8.12. The van der Waals surface area contributed by atoms with E-state index in [0.29, 0.717) is 0 Å². The van der Waals surface area contributed by atoms with Gasteiger partial charge in [-0.2, -0.15) is 4.89 Å². The van der Waals surface area contributed by atoms with E-state index in [-0.39, 0.29) is 16.5 Å². The van der Waals surface area contributed by atoms with Crippen LogP contribution in [0.4, 0.5) is 0 Å². The minimum Gasteiger partial charge on any atom is -0.394 e. The van der Waals surface area contributed by atoms with Crippen LogP contribution in [-0.4, -0.2) is 62.8 Å². The summed E-state index contributed by atoms with van der Waals surface area (Å²) in [6, 6.07) is 0. The first-order valence-electron chi connectivity index (χ1n) is 9.59. The Morgan fingerprint density at radius 3 is 1.85 bits per heavy atom. The standard InChI is InChI=1S/C18H40O7Si2/c1-16(2,3)26(7,8)24-18(23-25-27(9,10)17(4,5)6)11-13(20)15(21)14(12-19)22-18/h13-15,19-21H,11-12H2,1-10H3/t13-,14-,15+,18?/m0/s1. The maximum absolute atomic E-state index is 10.4. The normalized spacial score (nSPS) is 31.2. The molecule has 4 atom stereocenters. The summed E-state index contributed by atoms with van der Waals surface area (Å²) in [5.41, 5.74) is 0. The van der Waals surface area contributed by atoms with E-state index >= 15 is 0 Å². The molecular formula is C18H40O7Si2. The molecule has 0 aromatic carbocycles. The minimum absolute atomic E-state index is 0.103. The number of rotatable bonds is 6. The molecular weight excluding hydrogens is 384 g/mol. The van der Waals surface area contributed by atoms with Gasteiger partial charge in [0.2, 0.25) is 8.32 Å². The first kappa shape index (κ1) is 25.2. The van der Waals surface area contributed by atoms with E-state index in [0.717, 1.165) is 0 Å². The molecule has 0 radical (unpaired) electrons. The van der Waals surface area contributed by atoms with Crippen LogP contribution in [0.2, 0.25) is 36.3 Å². The molecule has 1 heterocycles. The molecule has 7 nitrogen and oxygen atoms in total. The smallest absolute Gasteiger partial charge is 0.304 e. The van der Waals surface area contributed by atoms with Gasteiger partial charge in [-0.15, -0.1) is 0 Å². The maximum atomic E-state index is 10.4. The Kier molecular flexibility index (Phi) is 7.57. The van der Waals surface area contributed by atoms with Crippen molar-refractivity contribution in [1.29, 1.82) is 0 Å². The van der Waals surface area contributed by atoms with Crippen LogP contribution in [0.15, 0.2) is 0 Å².